The number of nitrogens with zero attached hydrogens (tertiary/aromatic N) is 2. The number of carbonyl (C=O) groups excluding carboxylic acids is 3. The smallest absolute Gasteiger partial charge is 0.271 e. The van der Waals surface area contributed by atoms with Crippen LogP contribution in [0.15, 0.2) is 41.0 Å². The van der Waals surface area contributed by atoms with Crippen LogP contribution in [0.4, 0.5) is 5.82 Å². The molecule has 1 aromatic heterocycles. The van der Waals surface area contributed by atoms with Gasteiger partial charge < -0.3 is 10.6 Å². The van der Waals surface area contributed by atoms with E-state index in [1.807, 2.05) is 13.0 Å². The number of rotatable bonds is 6. The van der Waals surface area contributed by atoms with Gasteiger partial charge in [-0.1, -0.05) is 32.1 Å². The van der Waals surface area contributed by atoms with Crippen molar-refractivity contribution in [2.75, 3.05) is 12.4 Å². The fraction of sp³-hybridized carbons (Fsp3) is 0.435. The predicted molar refractivity (Wildman–Crippen MR) is 113 cm³/mol. The minimum Gasteiger partial charge on any atom is -0.354 e. The molecule has 0 spiro atoms. The zero-order valence-electron chi connectivity index (χ0n) is 17.5. The minimum absolute atomic E-state index is 0.0394. The number of aromatic nitrogens is 2. The van der Waals surface area contributed by atoms with Gasteiger partial charge >= 0.3 is 0 Å². The molecule has 4 rings (SSSR count). The summed E-state index contributed by atoms with van der Waals surface area (Å²) in [7, 11) is 1.54. The van der Waals surface area contributed by atoms with E-state index >= 15 is 0 Å². The van der Waals surface area contributed by atoms with Gasteiger partial charge in [-0.05, 0) is 42.0 Å². The molecule has 1 saturated carbocycles. The van der Waals surface area contributed by atoms with Crippen LogP contribution in [0.25, 0.3) is 0 Å². The Labute approximate surface area is 175 Å². The number of hydrogen-bond acceptors (Lipinski definition) is 5. The molecule has 0 aliphatic heterocycles. The van der Waals surface area contributed by atoms with Crippen LogP contribution in [0.1, 0.15) is 49.2 Å². The van der Waals surface area contributed by atoms with Gasteiger partial charge in [0.25, 0.3) is 5.91 Å². The maximum Gasteiger partial charge on any atom is 0.271 e. The Hall–Kier alpha value is -3.09. The van der Waals surface area contributed by atoms with Crippen molar-refractivity contribution in [3.05, 3.63) is 52.3 Å². The summed E-state index contributed by atoms with van der Waals surface area (Å²) >= 11 is 0. The van der Waals surface area contributed by atoms with Crippen LogP contribution in [0.3, 0.4) is 0 Å². The van der Waals surface area contributed by atoms with Gasteiger partial charge in [0.05, 0.1) is 0 Å². The summed E-state index contributed by atoms with van der Waals surface area (Å²) in [6.07, 6.45) is 9.04. The van der Waals surface area contributed by atoms with E-state index in [1.165, 1.54) is 7.05 Å². The van der Waals surface area contributed by atoms with Crippen LogP contribution in [0.2, 0.25) is 0 Å². The summed E-state index contributed by atoms with van der Waals surface area (Å²) in [5.74, 6) is 0.116. The molecule has 7 nitrogen and oxygen atoms in total. The van der Waals surface area contributed by atoms with Crippen molar-refractivity contribution in [3.8, 4) is 0 Å². The first-order valence-corrected chi connectivity index (χ1v) is 10.5. The molecule has 2 amide bonds. The highest BCUT2D eigenvalue weighted by atomic mass is 16.2. The lowest BCUT2D eigenvalue weighted by Crippen LogP contribution is -2.24. The number of carbonyl (C=O) groups is 3. The Kier molecular flexibility index (Phi) is 5.37. The molecule has 3 aliphatic carbocycles. The van der Waals surface area contributed by atoms with Crippen molar-refractivity contribution in [1.82, 2.24) is 15.5 Å². The molecule has 0 saturated heterocycles. The molecule has 156 valence electrons. The van der Waals surface area contributed by atoms with Crippen molar-refractivity contribution in [2.45, 2.75) is 39.5 Å². The number of allylic oxidation sites excluding steroid dienone is 6. The summed E-state index contributed by atoms with van der Waals surface area (Å²) in [5.41, 5.74) is 3.54. The SMILES string of the molecule is CCC1C=CC2=C(C1=O)C(Cc1cc(NC(=O)C3CC3)nnc1C(=O)NC)=CC2C. The third-order valence-corrected chi connectivity index (χ3v) is 5.98. The van der Waals surface area contributed by atoms with Gasteiger partial charge in [0.15, 0.2) is 17.3 Å². The number of nitrogens with one attached hydrogen (secondary N) is 2. The second-order valence-electron chi connectivity index (χ2n) is 8.17. The maximum absolute atomic E-state index is 13.0. The van der Waals surface area contributed by atoms with Crippen LogP contribution in [0, 0.1) is 17.8 Å². The van der Waals surface area contributed by atoms with E-state index in [9.17, 15) is 14.4 Å². The highest BCUT2D eigenvalue weighted by Crippen LogP contribution is 2.39. The molecule has 2 N–H and O–H groups in total. The summed E-state index contributed by atoms with van der Waals surface area (Å²) in [4.78, 5) is 37.5. The minimum atomic E-state index is -0.347. The Morgan fingerprint density at radius 2 is 2.00 bits per heavy atom. The molecule has 1 fully saturated rings. The van der Waals surface area contributed by atoms with Crippen LogP contribution in [-0.4, -0.2) is 34.8 Å². The molecule has 1 aromatic rings. The molecule has 3 aliphatic rings. The molecular weight excluding hydrogens is 380 g/mol. The van der Waals surface area contributed by atoms with Gasteiger partial charge in [0, 0.05) is 36.8 Å². The zero-order chi connectivity index (χ0) is 21.4. The lowest BCUT2D eigenvalue weighted by Gasteiger charge is -2.20. The van der Waals surface area contributed by atoms with Crippen molar-refractivity contribution in [1.29, 1.82) is 0 Å². The van der Waals surface area contributed by atoms with Gasteiger partial charge in [-0.15, -0.1) is 10.2 Å². The molecule has 1 heterocycles. The van der Waals surface area contributed by atoms with Crippen LogP contribution >= 0.6 is 0 Å². The summed E-state index contributed by atoms with van der Waals surface area (Å²) in [5, 5.41) is 13.5. The highest BCUT2D eigenvalue weighted by Gasteiger charge is 2.34. The average molecular weight is 406 g/mol. The summed E-state index contributed by atoms with van der Waals surface area (Å²) in [6, 6.07) is 1.70. The number of ketones is 1. The number of hydrogen-bond donors (Lipinski definition) is 2. The zero-order valence-corrected chi connectivity index (χ0v) is 17.5. The predicted octanol–water partition coefficient (Wildman–Crippen LogP) is 2.77. The van der Waals surface area contributed by atoms with Crippen molar-refractivity contribution < 1.29 is 14.4 Å². The molecule has 2 atom stereocenters. The van der Waals surface area contributed by atoms with Crippen molar-refractivity contribution >= 4 is 23.4 Å². The fourth-order valence-electron chi connectivity index (χ4n) is 4.10. The standard InChI is InChI=1S/C23H26N4O3/c1-4-13-7-8-17-12(2)9-15(19(17)21(13)28)10-16-11-18(25-22(29)14-5-6-14)26-27-20(16)23(30)24-3/h7-9,11-14H,4-6,10H2,1-3H3,(H,24,30)(H,25,26,29). The highest BCUT2D eigenvalue weighted by molar-refractivity contribution is 6.05. The largest absolute Gasteiger partial charge is 0.354 e. The third-order valence-electron chi connectivity index (χ3n) is 5.98. The first kappa shape index (κ1) is 20.2. The average Bonchev–Trinajstić information content (AvgIpc) is 3.53. The van der Waals surface area contributed by atoms with E-state index in [1.54, 1.807) is 6.07 Å². The van der Waals surface area contributed by atoms with E-state index < -0.39 is 0 Å². The van der Waals surface area contributed by atoms with E-state index in [-0.39, 0.29) is 41.0 Å². The molecule has 0 radical (unpaired) electrons. The maximum atomic E-state index is 13.0. The monoisotopic (exact) mass is 406 g/mol. The summed E-state index contributed by atoms with van der Waals surface area (Å²) in [6.45, 7) is 4.07. The Balaban J connectivity index is 1.67. The molecule has 30 heavy (non-hydrogen) atoms. The first-order valence-electron chi connectivity index (χ1n) is 10.5. The lowest BCUT2D eigenvalue weighted by atomic mass is 9.83. The van der Waals surface area contributed by atoms with Crippen LogP contribution < -0.4 is 10.6 Å². The summed E-state index contributed by atoms with van der Waals surface area (Å²) < 4.78 is 0. The van der Waals surface area contributed by atoms with E-state index in [2.05, 4.69) is 39.9 Å². The third kappa shape index (κ3) is 3.72. The molecule has 0 bridgehead atoms. The fourth-order valence-corrected chi connectivity index (χ4v) is 4.10. The Bertz CT molecular complexity index is 1020. The normalized spacial score (nSPS) is 22.6. The van der Waals surface area contributed by atoms with E-state index in [4.69, 9.17) is 0 Å². The van der Waals surface area contributed by atoms with Crippen molar-refractivity contribution in [2.24, 2.45) is 17.8 Å². The topological polar surface area (TPSA) is 101 Å². The molecule has 7 heteroatoms. The second kappa shape index (κ2) is 7.97. The molecular formula is C23H26N4O3. The van der Waals surface area contributed by atoms with E-state index in [0.717, 1.165) is 36.0 Å². The Morgan fingerprint density at radius 1 is 1.23 bits per heavy atom. The quantitative estimate of drug-likeness (QED) is 0.756. The Morgan fingerprint density at radius 3 is 2.67 bits per heavy atom. The van der Waals surface area contributed by atoms with Crippen LogP contribution in [-0.2, 0) is 16.0 Å². The second-order valence-corrected chi connectivity index (χ2v) is 8.17. The van der Waals surface area contributed by atoms with Gasteiger partial charge in [-0.2, -0.15) is 0 Å². The number of amides is 2. The van der Waals surface area contributed by atoms with Crippen LogP contribution in [0.5, 0.6) is 0 Å². The van der Waals surface area contributed by atoms with Gasteiger partial charge in [0.1, 0.15) is 0 Å². The number of anilines is 1. The molecule has 2 unspecified atom stereocenters. The van der Waals surface area contributed by atoms with Crippen molar-refractivity contribution in [3.63, 3.8) is 0 Å². The van der Waals surface area contributed by atoms with Gasteiger partial charge in [-0.25, -0.2) is 0 Å². The number of Topliss-reactive ketones (excluding diaryl/α,β-unsaturated/α-hetero) is 1. The first-order chi connectivity index (χ1) is 14.4. The lowest BCUT2D eigenvalue weighted by molar-refractivity contribution is -0.118. The van der Waals surface area contributed by atoms with Gasteiger partial charge in [-0.3, -0.25) is 14.4 Å². The van der Waals surface area contributed by atoms with E-state index in [0.29, 0.717) is 17.8 Å². The van der Waals surface area contributed by atoms with Gasteiger partial charge in [0.2, 0.25) is 5.91 Å². The molecule has 0 aromatic carbocycles.